The van der Waals surface area contributed by atoms with Crippen LogP contribution in [-0.2, 0) is 14.3 Å². The quantitative estimate of drug-likeness (QED) is 0.756. The molecule has 3 aliphatic rings. The van der Waals surface area contributed by atoms with Crippen molar-refractivity contribution < 1.29 is 14.3 Å². The highest BCUT2D eigenvalue weighted by Gasteiger charge is 2.60. The number of hydrogen-bond acceptors (Lipinski definition) is 3. The third kappa shape index (κ3) is 2.42. The first kappa shape index (κ1) is 16.3. The highest BCUT2D eigenvalue weighted by atomic mass is 16.6. The summed E-state index contributed by atoms with van der Waals surface area (Å²) in [5.74, 6) is 0.726. The molecule has 0 N–H and O–H groups in total. The average molecular weight is 356 g/mol. The third-order valence-corrected chi connectivity index (χ3v) is 5.61. The molecule has 0 bridgehead atoms. The first-order valence-electron chi connectivity index (χ1n) is 9.27. The second-order valence-corrected chi connectivity index (χ2v) is 7.15. The van der Waals surface area contributed by atoms with Crippen molar-refractivity contribution in [2.24, 2.45) is 0 Å². The summed E-state index contributed by atoms with van der Waals surface area (Å²) in [5, 5.41) is 0. The third-order valence-electron chi connectivity index (χ3n) is 5.61. The zero-order valence-electron chi connectivity index (χ0n) is 15.2. The minimum absolute atomic E-state index is 0.0747. The summed E-state index contributed by atoms with van der Waals surface area (Å²) in [6, 6.07) is 20.0. The smallest absolute Gasteiger partial charge is 0.193 e. The monoisotopic (exact) mass is 356 g/mol. The van der Waals surface area contributed by atoms with Gasteiger partial charge in [-0.3, -0.25) is 4.79 Å². The molecule has 0 aromatic heterocycles. The fraction of sp³-hybridized carbons (Fsp3) is 0.208. The summed E-state index contributed by atoms with van der Waals surface area (Å²) in [5.41, 5.74) is 5.18. The molecule has 5 rings (SSSR count). The Morgan fingerprint density at radius 2 is 1.67 bits per heavy atom. The number of hydrogen-bond donors (Lipinski definition) is 0. The van der Waals surface area contributed by atoms with Crippen molar-refractivity contribution in [3.05, 3.63) is 94.3 Å². The number of rotatable bonds is 3. The maximum atomic E-state index is 13.4. The normalized spacial score (nSPS) is 25.4. The maximum absolute atomic E-state index is 13.4. The van der Waals surface area contributed by atoms with Crippen LogP contribution < -0.4 is 0 Å². The van der Waals surface area contributed by atoms with Gasteiger partial charge in [0.05, 0.1) is 19.3 Å². The molecule has 1 saturated heterocycles. The lowest BCUT2D eigenvalue weighted by atomic mass is 9.79. The van der Waals surface area contributed by atoms with E-state index in [2.05, 4.69) is 18.2 Å². The van der Waals surface area contributed by atoms with E-state index in [1.54, 1.807) is 7.11 Å². The summed E-state index contributed by atoms with van der Waals surface area (Å²) < 4.78 is 11.8. The van der Waals surface area contributed by atoms with Gasteiger partial charge in [-0.05, 0) is 29.5 Å². The number of ether oxygens (including phenoxy) is 2. The largest absolute Gasteiger partial charge is 0.497 e. The van der Waals surface area contributed by atoms with Gasteiger partial charge >= 0.3 is 0 Å². The summed E-state index contributed by atoms with van der Waals surface area (Å²) in [6.07, 6.45) is 3.79. The molecule has 1 atom stereocenters. The molecule has 0 radical (unpaired) electrons. The summed E-state index contributed by atoms with van der Waals surface area (Å²) in [7, 11) is 1.63. The van der Waals surface area contributed by atoms with Crippen LogP contribution in [-0.4, -0.2) is 25.1 Å². The standard InChI is InChI=1S/C24H20O3/c1-26-23-20(17-10-6-3-7-11-17)22(25)19-13-12-18(21(19)24(23)15-27-24)14-16-8-4-2-5-9-16/h2-11,14H,12-13,15H2,1H3/b18-14+. The van der Waals surface area contributed by atoms with Gasteiger partial charge in [0.25, 0.3) is 0 Å². The Hall–Kier alpha value is -2.91. The predicted octanol–water partition coefficient (Wildman–Crippen LogP) is 4.57. The van der Waals surface area contributed by atoms with Gasteiger partial charge < -0.3 is 9.47 Å². The van der Waals surface area contributed by atoms with Crippen molar-refractivity contribution in [1.29, 1.82) is 0 Å². The van der Waals surface area contributed by atoms with Crippen molar-refractivity contribution in [1.82, 2.24) is 0 Å². The number of fused-ring (bicyclic) bond motifs is 1. The Morgan fingerprint density at radius 3 is 2.30 bits per heavy atom. The zero-order valence-corrected chi connectivity index (χ0v) is 15.2. The van der Waals surface area contributed by atoms with Gasteiger partial charge in [-0.25, -0.2) is 0 Å². The Bertz CT molecular complexity index is 1010. The van der Waals surface area contributed by atoms with Crippen LogP contribution in [0.25, 0.3) is 11.6 Å². The number of methoxy groups -OCH3 is 1. The van der Waals surface area contributed by atoms with Crippen LogP contribution in [0.5, 0.6) is 0 Å². The van der Waals surface area contributed by atoms with E-state index in [0.717, 1.165) is 35.1 Å². The van der Waals surface area contributed by atoms with Crippen molar-refractivity contribution >= 4 is 17.4 Å². The lowest BCUT2D eigenvalue weighted by molar-refractivity contribution is -0.111. The van der Waals surface area contributed by atoms with Gasteiger partial charge in [0.2, 0.25) is 0 Å². The first-order chi connectivity index (χ1) is 13.2. The topological polar surface area (TPSA) is 38.8 Å². The Kier molecular flexibility index (Phi) is 3.66. The number of ketones is 1. The van der Waals surface area contributed by atoms with E-state index in [-0.39, 0.29) is 5.78 Å². The van der Waals surface area contributed by atoms with Gasteiger partial charge in [0, 0.05) is 11.1 Å². The highest BCUT2D eigenvalue weighted by Crippen LogP contribution is 2.56. The van der Waals surface area contributed by atoms with E-state index in [1.807, 2.05) is 48.5 Å². The van der Waals surface area contributed by atoms with E-state index in [9.17, 15) is 4.79 Å². The van der Waals surface area contributed by atoms with Crippen LogP contribution in [0, 0.1) is 0 Å². The van der Waals surface area contributed by atoms with Gasteiger partial charge in [-0.1, -0.05) is 66.7 Å². The molecule has 2 aromatic rings. The first-order valence-corrected chi connectivity index (χ1v) is 9.27. The van der Waals surface area contributed by atoms with E-state index in [1.165, 1.54) is 5.57 Å². The summed E-state index contributed by atoms with van der Waals surface area (Å²) in [4.78, 5) is 13.4. The number of epoxide rings is 1. The van der Waals surface area contributed by atoms with Crippen LogP contribution in [0.1, 0.15) is 24.0 Å². The number of Topliss-reactive ketones (excluding diaryl/α,β-unsaturated/α-hetero) is 1. The number of carbonyl (C=O) groups excluding carboxylic acids is 1. The minimum Gasteiger partial charge on any atom is -0.497 e. The van der Waals surface area contributed by atoms with Crippen LogP contribution in [0.3, 0.4) is 0 Å². The van der Waals surface area contributed by atoms with E-state index >= 15 is 0 Å². The molecule has 2 aliphatic carbocycles. The van der Waals surface area contributed by atoms with E-state index < -0.39 is 5.60 Å². The van der Waals surface area contributed by atoms with Gasteiger partial charge in [0.1, 0.15) is 5.76 Å². The molecule has 27 heavy (non-hydrogen) atoms. The molecule has 1 spiro atoms. The molecule has 1 unspecified atom stereocenters. The molecule has 1 fully saturated rings. The molecule has 2 aromatic carbocycles. The fourth-order valence-electron chi connectivity index (χ4n) is 4.38. The molecule has 3 nitrogen and oxygen atoms in total. The van der Waals surface area contributed by atoms with Crippen LogP contribution in [0.15, 0.2) is 83.1 Å². The predicted molar refractivity (Wildman–Crippen MR) is 105 cm³/mol. The van der Waals surface area contributed by atoms with Gasteiger partial charge in [-0.2, -0.15) is 0 Å². The number of carbonyl (C=O) groups is 1. The molecule has 1 heterocycles. The lowest BCUT2D eigenvalue weighted by Crippen LogP contribution is -2.29. The fourth-order valence-corrected chi connectivity index (χ4v) is 4.38. The van der Waals surface area contributed by atoms with Gasteiger partial charge in [0.15, 0.2) is 11.4 Å². The summed E-state index contributed by atoms with van der Waals surface area (Å²) in [6.45, 7) is 0.560. The minimum atomic E-state index is -0.597. The van der Waals surface area contributed by atoms with E-state index in [4.69, 9.17) is 9.47 Å². The van der Waals surface area contributed by atoms with E-state index in [0.29, 0.717) is 17.9 Å². The molecule has 3 heteroatoms. The summed E-state index contributed by atoms with van der Waals surface area (Å²) >= 11 is 0. The van der Waals surface area contributed by atoms with Crippen molar-refractivity contribution in [3.63, 3.8) is 0 Å². The number of benzene rings is 2. The lowest BCUT2D eigenvalue weighted by Gasteiger charge is -2.27. The molecule has 134 valence electrons. The maximum Gasteiger partial charge on any atom is 0.193 e. The molecular weight excluding hydrogens is 336 g/mol. The van der Waals surface area contributed by atoms with Crippen molar-refractivity contribution in [2.75, 3.05) is 13.7 Å². The second kappa shape index (κ2) is 6.07. The molecule has 0 saturated carbocycles. The SMILES string of the molecule is COC1=C(c2ccccc2)C(=O)C2=C(/C(=C/c3ccccc3)CC2)C12CO2. The van der Waals surface area contributed by atoms with Crippen molar-refractivity contribution in [3.8, 4) is 0 Å². The molecule has 1 aliphatic heterocycles. The zero-order chi connectivity index (χ0) is 18.4. The Balaban J connectivity index is 1.66. The Labute approximate surface area is 158 Å². The van der Waals surface area contributed by atoms with Crippen LogP contribution in [0.4, 0.5) is 0 Å². The Morgan fingerprint density at radius 1 is 1.00 bits per heavy atom. The average Bonchev–Trinajstić information content (AvgIpc) is 3.38. The van der Waals surface area contributed by atoms with Crippen LogP contribution >= 0.6 is 0 Å². The van der Waals surface area contributed by atoms with Gasteiger partial charge in [-0.15, -0.1) is 0 Å². The van der Waals surface area contributed by atoms with Crippen LogP contribution in [0.2, 0.25) is 0 Å². The number of allylic oxidation sites excluding steroid dienone is 2. The highest BCUT2D eigenvalue weighted by molar-refractivity contribution is 6.31. The molecular formula is C24H20O3. The van der Waals surface area contributed by atoms with Crippen molar-refractivity contribution in [2.45, 2.75) is 18.4 Å². The second-order valence-electron chi connectivity index (χ2n) is 7.15. The molecule has 0 amide bonds.